The van der Waals surface area contributed by atoms with Crippen LogP contribution in [0.25, 0.3) is 5.82 Å². The molecule has 0 fully saturated rings. The zero-order chi connectivity index (χ0) is 11.5. The summed E-state index contributed by atoms with van der Waals surface area (Å²) in [5, 5.41) is 4.08. The van der Waals surface area contributed by atoms with Gasteiger partial charge in [0.1, 0.15) is 0 Å². The molecule has 0 aromatic carbocycles. The topological polar surface area (TPSA) is 69.9 Å². The van der Waals surface area contributed by atoms with Gasteiger partial charge in [-0.3, -0.25) is 0 Å². The van der Waals surface area contributed by atoms with E-state index in [4.69, 9.17) is 0 Å². The van der Waals surface area contributed by atoms with E-state index in [1.54, 1.807) is 10.9 Å². The van der Waals surface area contributed by atoms with Crippen LogP contribution in [0.2, 0.25) is 0 Å². The van der Waals surface area contributed by atoms with Crippen molar-refractivity contribution in [3.05, 3.63) is 36.0 Å². The number of methoxy groups -OCH3 is 1. The zero-order valence-corrected chi connectivity index (χ0v) is 8.91. The van der Waals surface area contributed by atoms with Crippen LogP contribution in [0.4, 0.5) is 0 Å². The van der Waals surface area contributed by atoms with E-state index < -0.39 is 5.97 Å². The Kier molecular flexibility index (Phi) is 2.63. The third-order valence-electron chi connectivity index (χ3n) is 1.98. The monoisotopic (exact) mass is 218 g/mol. The molecule has 0 saturated heterocycles. The van der Waals surface area contributed by atoms with Gasteiger partial charge >= 0.3 is 5.97 Å². The lowest BCUT2D eigenvalue weighted by Crippen LogP contribution is -2.07. The van der Waals surface area contributed by atoms with Gasteiger partial charge < -0.3 is 4.74 Å². The van der Waals surface area contributed by atoms with Crippen LogP contribution < -0.4 is 0 Å². The van der Waals surface area contributed by atoms with Crippen LogP contribution in [0.1, 0.15) is 16.1 Å². The second kappa shape index (κ2) is 4.09. The van der Waals surface area contributed by atoms with E-state index >= 15 is 0 Å². The predicted octanol–water partition coefficient (Wildman–Crippen LogP) is 0.757. The summed E-state index contributed by atoms with van der Waals surface area (Å²) in [6.45, 7) is 1.93. The number of hydrogen-bond donors (Lipinski definition) is 0. The van der Waals surface area contributed by atoms with Gasteiger partial charge in [0.25, 0.3) is 0 Å². The van der Waals surface area contributed by atoms with E-state index in [9.17, 15) is 4.79 Å². The number of rotatable bonds is 2. The number of aryl methyl sites for hydroxylation is 1. The maximum atomic E-state index is 11.1. The molecule has 0 radical (unpaired) electrons. The summed E-state index contributed by atoms with van der Waals surface area (Å²) in [6.07, 6.45) is 6.37. The van der Waals surface area contributed by atoms with Crippen LogP contribution in [-0.2, 0) is 4.74 Å². The summed E-state index contributed by atoms with van der Waals surface area (Å²) in [6, 6.07) is 0. The van der Waals surface area contributed by atoms with Gasteiger partial charge in [-0.15, -0.1) is 0 Å². The van der Waals surface area contributed by atoms with E-state index in [1.807, 2.05) is 13.1 Å². The smallest absolute Gasteiger partial charge is 0.358 e. The molecule has 16 heavy (non-hydrogen) atoms. The number of carbonyl (C=O) groups excluding carboxylic acids is 1. The van der Waals surface area contributed by atoms with Crippen LogP contribution in [-0.4, -0.2) is 32.8 Å². The Hall–Kier alpha value is -2.24. The fourth-order valence-electron chi connectivity index (χ4n) is 1.19. The van der Waals surface area contributed by atoms with E-state index in [2.05, 4.69) is 19.8 Å². The first-order chi connectivity index (χ1) is 7.70. The molecule has 2 aromatic heterocycles. The van der Waals surface area contributed by atoms with Gasteiger partial charge in [-0.2, -0.15) is 5.10 Å². The highest BCUT2D eigenvalue weighted by atomic mass is 16.5. The Morgan fingerprint density at radius 1 is 1.31 bits per heavy atom. The SMILES string of the molecule is COC(=O)c1cnc(-n2cc(C)cn2)cn1. The Labute approximate surface area is 91.9 Å². The van der Waals surface area contributed by atoms with Gasteiger partial charge in [0, 0.05) is 6.20 Å². The lowest BCUT2D eigenvalue weighted by atomic mass is 10.4. The van der Waals surface area contributed by atoms with Crippen LogP contribution in [0, 0.1) is 6.92 Å². The molecule has 0 aliphatic heterocycles. The van der Waals surface area contributed by atoms with E-state index in [-0.39, 0.29) is 5.69 Å². The lowest BCUT2D eigenvalue weighted by molar-refractivity contribution is 0.0593. The first kappa shape index (κ1) is 10.3. The minimum absolute atomic E-state index is 0.176. The van der Waals surface area contributed by atoms with Crippen LogP contribution >= 0.6 is 0 Å². The number of esters is 1. The standard InChI is InChI=1S/C10H10N4O2/c1-7-3-13-14(6-7)9-5-11-8(4-12-9)10(15)16-2/h3-6H,1-2H3. The number of aromatic nitrogens is 4. The molecule has 6 nitrogen and oxygen atoms in total. The van der Waals surface area contributed by atoms with Crippen LogP contribution in [0.15, 0.2) is 24.8 Å². The largest absolute Gasteiger partial charge is 0.464 e. The zero-order valence-electron chi connectivity index (χ0n) is 8.91. The highest BCUT2D eigenvalue weighted by molar-refractivity contribution is 5.86. The summed E-state index contributed by atoms with van der Waals surface area (Å²) >= 11 is 0. The van der Waals surface area contributed by atoms with Crippen molar-refractivity contribution in [2.45, 2.75) is 6.92 Å². The summed E-state index contributed by atoms with van der Waals surface area (Å²) in [5.74, 6) is 0.0523. The Balaban J connectivity index is 2.29. The molecule has 0 bridgehead atoms. The van der Waals surface area contributed by atoms with Crippen molar-refractivity contribution < 1.29 is 9.53 Å². The fraction of sp³-hybridized carbons (Fsp3) is 0.200. The van der Waals surface area contributed by atoms with Crippen molar-refractivity contribution in [3.8, 4) is 5.82 Å². The third-order valence-corrected chi connectivity index (χ3v) is 1.98. The Morgan fingerprint density at radius 2 is 2.12 bits per heavy atom. The number of nitrogens with zero attached hydrogens (tertiary/aromatic N) is 4. The van der Waals surface area contributed by atoms with E-state index in [0.29, 0.717) is 5.82 Å². The lowest BCUT2D eigenvalue weighted by Gasteiger charge is -2.00. The molecule has 6 heteroatoms. The summed E-state index contributed by atoms with van der Waals surface area (Å²) in [4.78, 5) is 19.1. The van der Waals surface area contributed by atoms with Crippen molar-refractivity contribution in [2.24, 2.45) is 0 Å². The van der Waals surface area contributed by atoms with Gasteiger partial charge in [-0.1, -0.05) is 0 Å². The Bertz CT molecular complexity index is 504. The number of ether oxygens (including phenoxy) is 1. The maximum absolute atomic E-state index is 11.1. The van der Waals surface area contributed by atoms with Crippen molar-refractivity contribution in [1.29, 1.82) is 0 Å². The first-order valence-electron chi connectivity index (χ1n) is 4.62. The molecule has 0 atom stereocenters. The van der Waals surface area contributed by atoms with Crippen molar-refractivity contribution >= 4 is 5.97 Å². The third kappa shape index (κ3) is 1.90. The maximum Gasteiger partial charge on any atom is 0.358 e. The molecule has 2 rings (SSSR count). The molecule has 2 aromatic rings. The van der Waals surface area contributed by atoms with Crippen molar-refractivity contribution in [3.63, 3.8) is 0 Å². The fourth-order valence-corrected chi connectivity index (χ4v) is 1.19. The number of carbonyl (C=O) groups is 1. The molecular weight excluding hydrogens is 208 g/mol. The average molecular weight is 218 g/mol. The second-order valence-electron chi connectivity index (χ2n) is 3.21. The van der Waals surface area contributed by atoms with Crippen molar-refractivity contribution in [1.82, 2.24) is 19.7 Å². The van der Waals surface area contributed by atoms with Gasteiger partial charge in [-0.25, -0.2) is 19.4 Å². The first-order valence-corrected chi connectivity index (χ1v) is 4.62. The molecule has 0 N–H and O–H groups in total. The van der Waals surface area contributed by atoms with E-state index in [0.717, 1.165) is 5.56 Å². The molecule has 82 valence electrons. The number of hydrogen-bond acceptors (Lipinski definition) is 5. The molecule has 0 amide bonds. The highest BCUT2D eigenvalue weighted by Gasteiger charge is 2.08. The summed E-state index contributed by atoms with van der Waals surface area (Å²) in [5.41, 5.74) is 1.20. The Morgan fingerprint density at radius 3 is 2.62 bits per heavy atom. The van der Waals surface area contributed by atoms with Crippen LogP contribution in [0.3, 0.4) is 0 Å². The molecule has 0 saturated carbocycles. The van der Waals surface area contributed by atoms with Gasteiger partial charge in [-0.05, 0) is 12.5 Å². The normalized spacial score (nSPS) is 10.1. The minimum atomic E-state index is -0.504. The average Bonchev–Trinajstić information content (AvgIpc) is 2.75. The van der Waals surface area contributed by atoms with E-state index in [1.165, 1.54) is 19.5 Å². The van der Waals surface area contributed by atoms with Crippen LogP contribution in [0.5, 0.6) is 0 Å². The van der Waals surface area contributed by atoms with Gasteiger partial charge in [0.15, 0.2) is 11.5 Å². The molecule has 0 unspecified atom stereocenters. The summed E-state index contributed by atoms with van der Waals surface area (Å²) < 4.78 is 6.11. The molecule has 0 aliphatic carbocycles. The highest BCUT2D eigenvalue weighted by Crippen LogP contribution is 2.04. The van der Waals surface area contributed by atoms with Gasteiger partial charge in [0.2, 0.25) is 0 Å². The predicted molar refractivity (Wildman–Crippen MR) is 55.2 cm³/mol. The molecule has 0 spiro atoms. The molecule has 0 aliphatic rings. The van der Waals surface area contributed by atoms with Crippen molar-refractivity contribution in [2.75, 3.05) is 7.11 Å². The molecule has 2 heterocycles. The quantitative estimate of drug-likeness (QED) is 0.696. The second-order valence-corrected chi connectivity index (χ2v) is 3.21. The molecular formula is C10H10N4O2. The summed E-state index contributed by atoms with van der Waals surface area (Å²) in [7, 11) is 1.30. The minimum Gasteiger partial charge on any atom is -0.464 e. The van der Waals surface area contributed by atoms with Gasteiger partial charge in [0.05, 0.1) is 25.7 Å².